The van der Waals surface area contributed by atoms with Gasteiger partial charge in [0, 0.05) is 40.4 Å². The molecule has 1 aliphatic heterocycles. The molecule has 2 aromatic rings. The van der Waals surface area contributed by atoms with Gasteiger partial charge in [-0.05, 0) is 47.4 Å². The molecule has 0 saturated heterocycles. The molecule has 15 heteroatoms. The molecular formula is C23H19N3O9S3. The third kappa shape index (κ3) is 7.74. The van der Waals surface area contributed by atoms with Crippen LogP contribution in [0.25, 0.3) is 11.1 Å². The first-order valence-corrected chi connectivity index (χ1v) is 14.7. The zero-order chi connectivity index (χ0) is 28.3. The van der Waals surface area contributed by atoms with Crippen molar-refractivity contribution in [3.63, 3.8) is 0 Å². The van der Waals surface area contributed by atoms with Gasteiger partial charge in [-0.15, -0.1) is 0 Å². The summed E-state index contributed by atoms with van der Waals surface area (Å²) in [5.74, 6) is 12.6. The SMILES string of the molecule is Nc1cc(C#CC#CS(N)(=O)=O)cc(-c2ccc(N)cc2C#CC2=CO[C@H](S(=O)(=O)O)[C@H](S(=O)(=O)O)C2)c1. The number of rotatable bonds is 3. The first-order chi connectivity index (χ1) is 17.5. The highest BCUT2D eigenvalue weighted by atomic mass is 32.2. The predicted octanol–water partition coefficient (Wildman–Crippen LogP) is 0.245. The number of primary sulfonamides is 1. The summed E-state index contributed by atoms with van der Waals surface area (Å²) in [5.41, 5.74) is 12.2. The van der Waals surface area contributed by atoms with E-state index < -0.39 is 47.4 Å². The third-order valence-electron chi connectivity index (χ3n) is 4.88. The second-order valence-electron chi connectivity index (χ2n) is 7.84. The van der Waals surface area contributed by atoms with E-state index in [-0.39, 0.29) is 5.57 Å². The average molecular weight is 578 g/mol. The summed E-state index contributed by atoms with van der Waals surface area (Å²) in [4.78, 5) is 0. The molecule has 0 fully saturated rings. The lowest BCUT2D eigenvalue weighted by molar-refractivity contribution is 0.174. The quantitative estimate of drug-likeness (QED) is 0.188. The van der Waals surface area contributed by atoms with Crippen molar-refractivity contribution in [2.75, 3.05) is 11.5 Å². The first kappa shape index (κ1) is 28.6. The number of sulfonamides is 1. The maximum atomic E-state index is 11.7. The molecule has 8 N–H and O–H groups in total. The summed E-state index contributed by atoms with van der Waals surface area (Å²) in [6.07, 6.45) is 0.335. The molecule has 0 unspecified atom stereocenters. The second-order valence-corrected chi connectivity index (χ2v) is 12.3. The Labute approximate surface area is 219 Å². The molecule has 3 rings (SSSR count). The Balaban J connectivity index is 2.03. The van der Waals surface area contributed by atoms with E-state index in [0.717, 1.165) is 6.26 Å². The zero-order valence-electron chi connectivity index (χ0n) is 19.1. The molecule has 12 nitrogen and oxygen atoms in total. The smallest absolute Gasteiger partial charge is 0.304 e. The van der Waals surface area contributed by atoms with Crippen LogP contribution in [0.1, 0.15) is 17.5 Å². The number of nitrogen functional groups attached to an aromatic ring is 2. The number of ether oxygens (including phenoxy) is 1. The zero-order valence-corrected chi connectivity index (χ0v) is 21.6. The van der Waals surface area contributed by atoms with Gasteiger partial charge in [0.15, 0.2) is 0 Å². The van der Waals surface area contributed by atoms with Gasteiger partial charge in [-0.2, -0.15) is 25.3 Å². The number of nitrogens with two attached hydrogens (primary N) is 3. The number of benzene rings is 2. The fraction of sp³-hybridized carbons (Fsp3) is 0.130. The highest BCUT2D eigenvalue weighted by molar-refractivity contribution is 7.93. The molecule has 0 bridgehead atoms. The predicted molar refractivity (Wildman–Crippen MR) is 140 cm³/mol. The standard InChI is InChI=1S/C23H19N3O9S3/c24-19-6-7-21(18-9-15(10-20(25)13-18)3-1-2-8-36(26,27)28)17(12-19)5-4-16-11-22(37(29,30)31)23(35-14-16)38(32,33)34/h6-7,9-10,12-14,22-23H,11,24-25H2,(H2,26,27,28)(H,29,30,31)(H,32,33,34)/t22-,23-/m1/s1. The summed E-state index contributed by atoms with van der Waals surface area (Å²) in [6, 6.07) is 9.55. The van der Waals surface area contributed by atoms with Crippen LogP contribution in [-0.4, -0.2) is 45.0 Å². The van der Waals surface area contributed by atoms with Gasteiger partial charge in [0.25, 0.3) is 20.1 Å². The van der Waals surface area contributed by atoms with Gasteiger partial charge in [-0.1, -0.05) is 23.8 Å². The van der Waals surface area contributed by atoms with E-state index in [4.69, 9.17) is 21.3 Å². The Morgan fingerprint density at radius 1 is 0.842 bits per heavy atom. The molecule has 1 aliphatic rings. The molecule has 1 heterocycles. The van der Waals surface area contributed by atoms with Gasteiger partial charge in [0.2, 0.25) is 5.44 Å². The molecule has 0 amide bonds. The van der Waals surface area contributed by atoms with Crippen molar-refractivity contribution in [1.29, 1.82) is 0 Å². The minimum Gasteiger partial charge on any atom is -0.477 e. The fourth-order valence-corrected chi connectivity index (χ4v) is 5.78. The van der Waals surface area contributed by atoms with Gasteiger partial charge < -0.3 is 16.2 Å². The Bertz CT molecular complexity index is 1850. The Kier molecular flexibility index (Phi) is 8.09. The van der Waals surface area contributed by atoms with Gasteiger partial charge >= 0.3 is 10.1 Å². The Morgan fingerprint density at radius 2 is 1.55 bits per heavy atom. The molecule has 198 valence electrons. The average Bonchev–Trinajstić information content (AvgIpc) is 2.78. The van der Waals surface area contributed by atoms with Gasteiger partial charge in [-0.3, -0.25) is 9.11 Å². The van der Waals surface area contributed by atoms with E-state index in [1.165, 1.54) is 12.1 Å². The Hall–Kier alpha value is -4.01. The largest absolute Gasteiger partial charge is 0.477 e. The highest BCUT2D eigenvalue weighted by Gasteiger charge is 2.44. The lowest BCUT2D eigenvalue weighted by Gasteiger charge is -2.25. The van der Waals surface area contributed by atoms with Crippen LogP contribution in [0.2, 0.25) is 0 Å². The summed E-state index contributed by atoms with van der Waals surface area (Å²) >= 11 is 0. The van der Waals surface area contributed by atoms with Crippen molar-refractivity contribution in [3.05, 3.63) is 59.4 Å². The van der Waals surface area contributed by atoms with Crippen molar-refractivity contribution in [2.45, 2.75) is 17.1 Å². The lowest BCUT2D eigenvalue weighted by atomic mass is 9.96. The minimum absolute atomic E-state index is 0.0217. The molecule has 0 radical (unpaired) electrons. The monoisotopic (exact) mass is 577 g/mol. The highest BCUT2D eigenvalue weighted by Crippen LogP contribution is 2.29. The minimum atomic E-state index is -4.96. The normalized spacial score (nSPS) is 17.3. The molecular weight excluding hydrogens is 558 g/mol. The van der Waals surface area contributed by atoms with Crippen molar-refractivity contribution in [2.24, 2.45) is 5.14 Å². The second kappa shape index (κ2) is 10.8. The number of anilines is 2. The summed E-state index contributed by atoms with van der Waals surface area (Å²) < 4.78 is 91.7. The fourth-order valence-electron chi connectivity index (χ4n) is 3.33. The van der Waals surface area contributed by atoms with E-state index in [1.807, 2.05) is 0 Å². The first-order valence-electron chi connectivity index (χ1n) is 10.2. The molecule has 2 atom stereocenters. The van der Waals surface area contributed by atoms with Crippen LogP contribution in [0, 0.1) is 34.9 Å². The van der Waals surface area contributed by atoms with E-state index >= 15 is 0 Å². The van der Waals surface area contributed by atoms with Gasteiger partial charge in [-0.25, -0.2) is 5.14 Å². The van der Waals surface area contributed by atoms with Crippen LogP contribution in [-0.2, 0) is 35.0 Å². The topological polar surface area (TPSA) is 230 Å². The lowest BCUT2D eigenvalue weighted by Crippen LogP contribution is -2.42. The van der Waals surface area contributed by atoms with Crippen molar-refractivity contribution >= 4 is 41.6 Å². The van der Waals surface area contributed by atoms with E-state index in [1.54, 1.807) is 29.5 Å². The Morgan fingerprint density at radius 3 is 2.18 bits per heavy atom. The number of hydrogen-bond donors (Lipinski definition) is 5. The molecule has 2 aromatic carbocycles. The van der Waals surface area contributed by atoms with Crippen LogP contribution in [0.4, 0.5) is 11.4 Å². The van der Waals surface area contributed by atoms with E-state index in [0.29, 0.717) is 33.6 Å². The summed E-state index contributed by atoms with van der Waals surface area (Å²) in [7, 11) is -13.9. The van der Waals surface area contributed by atoms with E-state index in [2.05, 4.69) is 29.6 Å². The van der Waals surface area contributed by atoms with Crippen LogP contribution < -0.4 is 16.6 Å². The maximum Gasteiger partial charge on any atom is 0.304 e. The molecule has 0 spiro atoms. The van der Waals surface area contributed by atoms with Crippen LogP contribution in [0.15, 0.2) is 48.2 Å². The van der Waals surface area contributed by atoms with E-state index in [9.17, 15) is 34.4 Å². The number of hydrogen-bond acceptors (Lipinski definition) is 9. The third-order valence-corrected chi connectivity index (χ3v) is 7.64. The number of allylic oxidation sites excluding steroid dienone is 1. The molecule has 0 saturated carbocycles. The van der Waals surface area contributed by atoms with Gasteiger partial charge in [0.1, 0.15) is 5.25 Å². The van der Waals surface area contributed by atoms with Crippen LogP contribution in [0.3, 0.4) is 0 Å². The maximum absolute atomic E-state index is 11.7. The molecule has 0 aromatic heterocycles. The van der Waals surface area contributed by atoms with Crippen LogP contribution >= 0.6 is 0 Å². The van der Waals surface area contributed by atoms with Crippen molar-refractivity contribution in [1.82, 2.24) is 0 Å². The summed E-state index contributed by atoms with van der Waals surface area (Å²) in [6.45, 7) is 0. The van der Waals surface area contributed by atoms with Crippen LogP contribution in [0.5, 0.6) is 0 Å². The molecule has 38 heavy (non-hydrogen) atoms. The van der Waals surface area contributed by atoms with Crippen molar-refractivity contribution < 1.29 is 39.1 Å². The summed E-state index contributed by atoms with van der Waals surface area (Å²) in [5, 5.41) is 4.59. The van der Waals surface area contributed by atoms with Crippen molar-refractivity contribution in [3.8, 4) is 46.0 Å². The van der Waals surface area contributed by atoms with Gasteiger partial charge in [0.05, 0.1) is 11.5 Å². The molecule has 0 aliphatic carbocycles.